The predicted octanol–water partition coefficient (Wildman–Crippen LogP) is 5.53. The maximum absolute atomic E-state index is 12.7. The fraction of sp³-hybridized carbons (Fsp3) is 0.167. The van der Waals surface area contributed by atoms with Gasteiger partial charge in [0.25, 0.3) is 5.91 Å². The van der Waals surface area contributed by atoms with Crippen molar-refractivity contribution in [2.45, 2.75) is 20.0 Å². The first kappa shape index (κ1) is 22.2. The molecule has 0 atom stereocenters. The summed E-state index contributed by atoms with van der Waals surface area (Å²) in [6.45, 7) is 2.12. The highest BCUT2D eigenvalue weighted by molar-refractivity contribution is 6.30. The van der Waals surface area contributed by atoms with Crippen LogP contribution in [-0.4, -0.2) is 18.9 Å². The molecule has 0 aromatic heterocycles. The number of methoxy groups -OCH3 is 1. The van der Waals surface area contributed by atoms with Gasteiger partial charge in [-0.05, 0) is 54.1 Å². The lowest BCUT2D eigenvalue weighted by atomic mass is 10.1. The zero-order chi connectivity index (χ0) is 22.2. The highest BCUT2D eigenvalue weighted by Crippen LogP contribution is 2.29. The summed E-state index contributed by atoms with van der Waals surface area (Å²) in [7, 11) is 1.52. The molecule has 0 heterocycles. The first-order chi connectivity index (χ1) is 15.0. The maximum atomic E-state index is 12.7. The lowest BCUT2D eigenvalue weighted by Crippen LogP contribution is -2.13. The van der Waals surface area contributed by atoms with E-state index in [0.29, 0.717) is 46.5 Å². The summed E-state index contributed by atoms with van der Waals surface area (Å²) in [6.07, 6.45) is 0.378. The van der Waals surface area contributed by atoms with E-state index in [1.807, 2.05) is 12.1 Å². The Morgan fingerprint density at radius 2 is 1.61 bits per heavy atom. The minimum Gasteiger partial charge on any atom is -0.493 e. The second-order valence-corrected chi connectivity index (χ2v) is 7.15. The molecule has 0 aliphatic rings. The van der Waals surface area contributed by atoms with Crippen molar-refractivity contribution in [2.24, 2.45) is 0 Å². The van der Waals surface area contributed by atoms with Crippen LogP contribution in [0.5, 0.6) is 11.5 Å². The van der Waals surface area contributed by atoms with E-state index in [1.165, 1.54) is 7.11 Å². The molecule has 0 aliphatic heterocycles. The molecule has 7 heteroatoms. The van der Waals surface area contributed by atoms with Crippen LogP contribution in [0.1, 0.15) is 29.3 Å². The normalized spacial score (nSPS) is 10.3. The number of anilines is 2. The highest BCUT2D eigenvalue weighted by atomic mass is 35.5. The topological polar surface area (TPSA) is 76.7 Å². The van der Waals surface area contributed by atoms with Crippen LogP contribution < -0.4 is 20.1 Å². The summed E-state index contributed by atoms with van der Waals surface area (Å²) in [5, 5.41) is 6.25. The lowest BCUT2D eigenvalue weighted by molar-refractivity contribution is -0.115. The number of hydrogen-bond acceptors (Lipinski definition) is 4. The summed E-state index contributed by atoms with van der Waals surface area (Å²) in [4.78, 5) is 24.3. The summed E-state index contributed by atoms with van der Waals surface area (Å²) >= 11 is 5.90. The molecule has 0 saturated carbocycles. The summed E-state index contributed by atoms with van der Waals surface area (Å²) in [6, 6.07) is 19.3. The molecule has 3 rings (SSSR count). The van der Waals surface area contributed by atoms with Gasteiger partial charge in [-0.15, -0.1) is 0 Å². The molecule has 6 nitrogen and oxygen atoms in total. The van der Waals surface area contributed by atoms with Gasteiger partial charge in [0.05, 0.1) is 7.11 Å². The molecule has 31 heavy (non-hydrogen) atoms. The summed E-state index contributed by atoms with van der Waals surface area (Å²) in [5.41, 5.74) is 2.57. The van der Waals surface area contributed by atoms with Gasteiger partial charge in [-0.25, -0.2) is 0 Å². The number of rotatable bonds is 8. The molecule has 2 amide bonds. The molecule has 0 bridgehead atoms. The average molecular weight is 439 g/mol. The SMILES string of the molecule is CCC(=O)Nc1cccc(NC(=O)c2ccc(OCc3ccc(Cl)cc3)c(OC)c2)c1. The number of benzene rings is 3. The zero-order valence-corrected chi connectivity index (χ0v) is 18.0. The van der Waals surface area contributed by atoms with Gasteiger partial charge in [-0.1, -0.05) is 36.7 Å². The molecule has 160 valence electrons. The molecule has 0 spiro atoms. The Hall–Kier alpha value is -3.51. The number of amides is 2. The van der Waals surface area contributed by atoms with Crippen LogP contribution in [-0.2, 0) is 11.4 Å². The molecule has 2 N–H and O–H groups in total. The van der Waals surface area contributed by atoms with Crippen molar-refractivity contribution in [2.75, 3.05) is 17.7 Å². The Morgan fingerprint density at radius 1 is 0.903 bits per heavy atom. The first-order valence-electron chi connectivity index (χ1n) is 9.75. The van der Waals surface area contributed by atoms with Crippen molar-refractivity contribution in [3.05, 3.63) is 82.9 Å². The maximum Gasteiger partial charge on any atom is 0.255 e. The zero-order valence-electron chi connectivity index (χ0n) is 17.3. The largest absolute Gasteiger partial charge is 0.493 e. The summed E-state index contributed by atoms with van der Waals surface area (Å²) < 4.78 is 11.2. The third-order valence-corrected chi connectivity index (χ3v) is 4.71. The Morgan fingerprint density at radius 3 is 2.29 bits per heavy atom. The van der Waals surface area contributed by atoms with Crippen LogP contribution in [0.2, 0.25) is 5.02 Å². The minimum atomic E-state index is -0.304. The number of carbonyl (C=O) groups is 2. The van der Waals surface area contributed by atoms with E-state index in [1.54, 1.807) is 61.5 Å². The van der Waals surface area contributed by atoms with Crippen LogP contribution >= 0.6 is 11.6 Å². The smallest absolute Gasteiger partial charge is 0.255 e. The van der Waals surface area contributed by atoms with Gasteiger partial charge in [0.2, 0.25) is 5.91 Å². The summed E-state index contributed by atoms with van der Waals surface area (Å²) in [5.74, 6) is 0.577. The third-order valence-electron chi connectivity index (χ3n) is 4.46. The quantitative estimate of drug-likeness (QED) is 0.485. The van der Waals surface area contributed by atoms with Gasteiger partial charge in [0.15, 0.2) is 11.5 Å². The van der Waals surface area contributed by atoms with Gasteiger partial charge in [0.1, 0.15) is 6.61 Å². The molecule has 0 fully saturated rings. The Bertz CT molecular complexity index is 1070. The minimum absolute atomic E-state index is 0.0950. The van der Waals surface area contributed by atoms with E-state index in [-0.39, 0.29) is 11.8 Å². The predicted molar refractivity (Wildman–Crippen MR) is 122 cm³/mol. The van der Waals surface area contributed by atoms with Crippen molar-refractivity contribution in [1.29, 1.82) is 0 Å². The molecule has 3 aromatic carbocycles. The Balaban J connectivity index is 1.68. The number of halogens is 1. The van der Waals surface area contributed by atoms with E-state index in [2.05, 4.69) is 10.6 Å². The van der Waals surface area contributed by atoms with Crippen molar-refractivity contribution < 1.29 is 19.1 Å². The van der Waals surface area contributed by atoms with Crippen LogP contribution in [0.25, 0.3) is 0 Å². The monoisotopic (exact) mass is 438 g/mol. The van der Waals surface area contributed by atoms with Gasteiger partial charge in [0, 0.05) is 28.4 Å². The first-order valence-corrected chi connectivity index (χ1v) is 10.1. The van der Waals surface area contributed by atoms with Crippen LogP contribution in [0, 0.1) is 0 Å². The molecule has 0 saturated heterocycles. The fourth-order valence-corrected chi connectivity index (χ4v) is 2.92. The molecule has 0 unspecified atom stereocenters. The van der Waals surface area contributed by atoms with Crippen molar-refractivity contribution in [3.8, 4) is 11.5 Å². The fourth-order valence-electron chi connectivity index (χ4n) is 2.80. The van der Waals surface area contributed by atoms with E-state index < -0.39 is 0 Å². The van der Waals surface area contributed by atoms with Crippen LogP contribution in [0.3, 0.4) is 0 Å². The highest BCUT2D eigenvalue weighted by Gasteiger charge is 2.12. The number of carbonyl (C=O) groups excluding carboxylic acids is 2. The van der Waals surface area contributed by atoms with Crippen molar-refractivity contribution >= 4 is 34.8 Å². The molecule has 0 aliphatic carbocycles. The Labute approximate surface area is 186 Å². The Kier molecular flexibility index (Phi) is 7.51. The van der Waals surface area contributed by atoms with E-state index in [4.69, 9.17) is 21.1 Å². The number of hydrogen-bond donors (Lipinski definition) is 2. The lowest BCUT2D eigenvalue weighted by Gasteiger charge is -2.13. The third kappa shape index (κ3) is 6.23. The van der Waals surface area contributed by atoms with E-state index in [0.717, 1.165) is 5.56 Å². The van der Waals surface area contributed by atoms with Gasteiger partial charge in [-0.2, -0.15) is 0 Å². The standard InChI is InChI=1S/C24H23ClN2O4/c1-3-23(28)26-19-5-4-6-20(14-19)27-24(29)17-9-12-21(22(13-17)30-2)31-15-16-7-10-18(25)11-8-16/h4-14H,3,15H2,1-2H3,(H,26,28)(H,27,29). The van der Waals surface area contributed by atoms with Crippen LogP contribution in [0.4, 0.5) is 11.4 Å². The van der Waals surface area contributed by atoms with Crippen molar-refractivity contribution in [1.82, 2.24) is 0 Å². The average Bonchev–Trinajstić information content (AvgIpc) is 2.78. The molecule has 0 radical (unpaired) electrons. The molecular weight excluding hydrogens is 416 g/mol. The molecule has 3 aromatic rings. The van der Waals surface area contributed by atoms with Crippen molar-refractivity contribution in [3.63, 3.8) is 0 Å². The number of nitrogens with one attached hydrogen (secondary N) is 2. The van der Waals surface area contributed by atoms with E-state index >= 15 is 0 Å². The second kappa shape index (κ2) is 10.5. The van der Waals surface area contributed by atoms with Gasteiger partial charge >= 0.3 is 0 Å². The van der Waals surface area contributed by atoms with Gasteiger partial charge in [-0.3, -0.25) is 9.59 Å². The van der Waals surface area contributed by atoms with E-state index in [9.17, 15) is 9.59 Å². The second-order valence-electron chi connectivity index (χ2n) is 6.72. The van der Waals surface area contributed by atoms with Crippen LogP contribution in [0.15, 0.2) is 66.7 Å². The molecular formula is C24H23ClN2O4. The van der Waals surface area contributed by atoms with Gasteiger partial charge < -0.3 is 20.1 Å². The number of ether oxygens (including phenoxy) is 2.